The van der Waals surface area contributed by atoms with Gasteiger partial charge in [0.1, 0.15) is 11.5 Å². The van der Waals surface area contributed by atoms with E-state index in [-0.39, 0.29) is 5.82 Å². The summed E-state index contributed by atoms with van der Waals surface area (Å²) in [5, 5.41) is 3.34. The van der Waals surface area contributed by atoms with Gasteiger partial charge >= 0.3 is 0 Å². The van der Waals surface area contributed by atoms with Gasteiger partial charge in [-0.05, 0) is 18.6 Å². The van der Waals surface area contributed by atoms with Gasteiger partial charge in [-0.15, -0.1) is 0 Å². The average molecular weight is 258 g/mol. The molecule has 1 aliphatic rings. The predicted octanol–water partition coefficient (Wildman–Crippen LogP) is 1.89. The molecule has 0 aromatic carbocycles. The smallest absolute Gasteiger partial charge is 0.178 e. The molecule has 2 aromatic heterocycles. The zero-order chi connectivity index (χ0) is 13.2. The number of halogens is 1. The lowest BCUT2D eigenvalue weighted by Crippen LogP contribution is -2.26. The number of nitrogens with zero attached hydrogens (tertiary/aromatic N) is 3. The van der Waals surface area contributed by atoms with Gasteiger partial charge in [0.05, 0.1) is 11.9 Å². The van der Waals surface area contributed by atoms with E-state index in [2.05, 4.69) is 27.2 Å². The topological polar surface area (TPSA) is 50.7 Å². The second-order valence-corrected chi connectivity index (χ2v) is 4.56. The maximum atomic E-state index is 12.9. The molecule has 4 nitrogen and oxygen atoms in total. The highest BCUT2D eigenvalue weighted by Gasteiger charge is 2.17. The van der Waals surface area contributed by atoms with Crippen molar-refractivity contribution in [2.24, 2.45) is 0 Å². The second kappa shape index (κ2) is 5.01. The van der Waals surface area contributed by atoms with Crippen molar-refractivity contribution in [3.05, 3.63) is 41.1 Å². The zero-order valence-electron chi connectivity index (χ0n) is 10.8. The Morgan fingerprint density at radius 1 is 1.32 bits per heavy atom. The van der Waals surface area contributed by atoms with E-state index >= 15 is 0 Å². The van der Waals surface area contributed by atoms with E-state index in [0.29, 0.717) is 11.5 Å². The van der Waals surface area contributed by atoms with Crippen molar-refractivity contribution in [2.75, 3.05) is 6.54 Å². The van der Waals surface area contributed by atoms with Crippen molar-refractivity contribution in [3.8, 4) is 11.5 Å². The fourth-order valence-corrected chi connectivity index (χ4v) is 2.33. The number of rotatable bonds is 2. The van der Waals surface area contributed by atoms with Crippen LogP contribution >= 0.6 is 0 Å². The van der Waals surface area contributed by atoms with Crippen molar-refractivity contribution < 1.29 is 4.39 Å². The molecule has 5 heteroatoms. The zero-order valence-corrected chi connectivity index (χ0v) is 10.8. The first-order valence-corrected chi connectivity index (χ1v) is 6.49. The number of hydrogen-bond donors (Lipinski definition) is 1. The first kappa shape index (κ1) is 12.2. The molecule has 0 aliphatic carbocycles. The minimum atomic E-state index is -0.346. The molecular formula is C14H15FN4. The summed E-state index contributed by atoms with van der Waals surface area (Å²) in [5.74, 6) is 0.249. The highest BCUT2D eigenvalue weighted by atomic mass is 19.1. The quantitative estimate of drug-likeness (QED) is 0.893. The van der Waals surface area contributed by atoms with E-state index < -0.39 is 0 Å². The summed E-state index contributed by atoms with van der Waals surface area (Å²) in [6, 6.07) is 3.01. The monoisotopic (exact) mass is 258 g/mol. The fraction of sp³-hybridized carbons (Fsp3) is 0.357. The maximum absolute atomic E-state index is 12.9. The lowest BCUT2D eigenvalue weighted by molar-refractivity contribution is 0.616. The molecule has 0 saturated carbocycles. The molecule has 0 fully saturated rings. The first-order valence-electron chi connectivity index (χ1n) is 6.49. The van der Waals surface area contributed by atoms with Gasteiger partial charge < -0.3 is 5.32 Å². The Bertz CT molecular complexity index is 578. The molecule has 0 bridgehead atoms. The Labute approximate surface area is 111 Å². The fourth-order valence-electron chi connectivity index (χ4n) is 2.33. The van der Waals surface area contributed by atoms with Gasteiger partial charge in [0.15, 0.2) is 5.82 Å². The van der Waals surface area contributed by atoms with Gasteiger partial charge in [-0.2, -0.15) is 0 Å². The molecule has 1 N–H and O–H groups in total. The van der Waals surface area contributed by atoms with Crippen LogP contribution in [0.15, 0.2) is 18.3 Å². The van der Waals surface area contributed by atoms with Crippen LogP contribution in [0, 0.1) is 5.82 Å². The van der Waals surface area contributed by atoms with Gasteiger partial charge in [-0.3, -0.25) is 0 Å². The van der Waals surface area contributed by atoms with Crippen LogP contribution < -0.4 is 5.32 Å². The summed E-state index contributed by atoms with van der Waals surface area (Å²) in [6.07, 6.45) is 2.96. The van der Waals surface area contributed by atoms with Crippen LogP contribution in [0.4, 0.5) is 4.39 Å². The highest BCUT2D eigenvalue weighted by Crippen LogP contribution is 2.20. The Morgan fingerprint density at radius 2 is 2.21 bits per heavy atom. The summed E-state index contributed by atoms with van der Waals surface area (Å²) in [7, 11) is 0. The second-order valence-electron chi connectivity index (χ2n) is 4.56. The van der Waals surface area contributed by atoms with Crippen molar-refractivity contribution in [2.45, 2.75) is 26.3 Å². The van der Waals surface area contributed by atoms with Crippen LogP contribution in [-0.4, -0.2) is 21.5 Å². The van der Waals surface area contributed by atoms with Crippen LogP contribution in [0.2, 0.25) is 0 Å². The van der Waals surface area contributed by atoms with Crippen molar-refractivity contribution in [3.63, 3.8) is 0 Å². The molecule has 1 aliphatic heterocycles. The minimum Gasteiger partial charge on any atom is -0.312 e. The molecule has 98 valence electrons. The standard InChI is InChI=1S/C14H15FN4/c1-2-11-10-8-16-6-5-12(10)19-14(18-11)13-4-3-9(15)7-17-13/h3-4,7,16H,2,5-6,8H2,1H3. The molecule has 0 spiro atoms. The molecular weight excluding hydrogens is 243 g/mol. The van der Waals surface area contributed by atoms with Gasteiger partial charge in [0.25, 0.3) is 0 Å². The number of nitrogens with one attached hydrogen (secondary N) is 1. The number of hydrogen-bond acceptors (Lipinski definition) is 4. The summed E-state index contributed by atoms with van der Waals surface area (Å²) in [6.45, 7) is 3.85. The van der Waals surface area contributed by atoms with E-state index in [9.17, 15) is 4.39 Å². The van der Waals surface area contributed by atoms with Crippen LogP contribution in [0.1, 0.15) is 23.9 Å². The van der Waals surface area contributed by atoms with E-state index in [1.165, 1.54) is 17.8 Å². The number of aryl methyl sites for hydroxylation is 1. The summed E-state index contributed by atoms with van der Waals surface area (Å²) in [5.41, 5.74) is 3.97. The minimum absolute atomic E-state index is 0.346. The normalized spacial score (nSPS) is 14.2. The van der Waals surface area contributed by atoms with Gasteiger partial charge in [0.2, 0.25) is 0 Å². The number of pyridine rings is 1. The first-order chi connectivity index (χ1) is 9.28. The lowest BCUT2D eigenvalue weighted by atomic mass is 10.0. The molecule has 0 unspecified atom stereocenters. The van der Waals surface area contributed by atoms with Crippen molar-refractivity contribution in [1.82, 2.24) is 20.3 Å². The average Bonchev–Trinajstić information content (AvgIpc) is 2.47. The Balaban J connectivity index is 2.09. The number of aromatic nitrogens is 3. The highest BCUT2D eigenvalue weighted by molar-refractivity contribution is 5.50. The van der Waals surface area contributed by atoms with Crippen molar-refractivity contribution >= 4 is 0 Å². The third-order valence-corrected chi connectivity index (χ3v) is 3.31. The lowest BCUT2D eigenvalue weighted by Gasteiger charge is -2.19. The van der Waals surface area contributed by atoms with E-state index in [4.69, 9.17) is 0 Å². The molecule has 3 rings (SSSR count). The maximum Gasteiger partial charge on any atom is 0.178 e. The molecule has 2 aromatic rings. The predicted molar refractivity (Wildman–Crippen MR) is 70.0 cm³/mol. The largest absolute Gasteiger partial charge is 0.312 e. The Kier molecular flexibility index (Phi) is 3.21. The third kappa shape index (κ3) is 2.33. The third-order valence-electron chi connectivity index (χ3n) is 3.31. The van der Waals surface area contributed by atoms with E-state index in [0.717, 1.165) is 37.3 Å². The summed E-state index contributed by atoms with van der Waals surface area (Å²) in [4.78, 5) is 13.2. The van der Waals surface area contributed by atoms with E-state index in [1.54, 1.807) is 6.07 Å². The van der Waals surface area contributed by atoms with Crippen LogP contribution in [0.5, 0.6) is 0 Å². The molecule has 19 heavy (non-hydrogen) atoms. The van der Waals surface area contributed by atoms with Crippen LogP contribution in [0.25, 0.3) is 11.5 Å². The summed E-state index contributed by atoms with van der Waals surface area (Å²) < 4.78 is 12.9. The van der Waals surface area contributed by atoms with Crippen molar-refractivity contribution in [1.29, 1.82) is 0 Å². The molecule has 0 amide bonds. The van der Waals surface area contributed by atoms with Gasteiger partial charge in [-0.25, -0.2) is 19.3 Å². The van der Waals surface area contributed by atoms with Gasteiger partial charge in [-0.1, -0.05) is 6.92 Å². The Morgan fingerprint density at radius 3 is 2.95 bits per heavy atom. The van der Waals surface area contributed by atoms with E-state index in [1.807, 2.05) is 0 Å². The Hall–Kier alpha value is -1.88. The SMILES string of the molecule is CCc1nc(-c2ccc(F)cn2)nc2c1CNCC2. The molecule has 0 radical (unpaired) electrons. The molecule has 3 heterocycles. The molecule has 0 saturated heterocycles. The van der Waals surface area contributed by atoms with Crippen LogP contribution in [-0.2, 0) is 19.4 Å². The van der Waals surface area contributed by atoms with Gasteiger partial charge in [0, 0.05) is 30.8 Å². The molecule has 0 atom stereocenters. The van der Waals surface area contributed by atoms with Crippen LogP contribution in [0.3, 0.4) is 0 Å². The number of fused-ring (bicyclic) bond motifs is 1. The summed E-state index contributed by atoms with van der Waals surface area (Å²) >= 11 is 0.